The van der Waals surface area contributed by atoms with Crippen LogP contribution >= 0.6 is 0 Å². The van der Waals surface area contributed by atoms with Crippen LogP contribution in [-0.4, -0.2) is 40.1 Å². The third-order valence-electron chi connectivity index (χ3n) is 4.28. The van der Waals surface area contributed by atoms with Crippen molar-refractivity contribution in [1.82, 2.24) is 0 Å². The summed E-state index contributed by atoms with van der Waals surface area (Å²) in [4.78, 5) is 0. The van der Waals surface area contributed by atoms with Crippen LogP contribution in [0.2, 0.25) is 0 Å². The first-order valence-electron chi connectivity index (χ1n) is 7.50. The van der Waals surface area contributed by atoms with Crippen LogP contribution < -0.4 is 4.74 Å². The van der Waals surface area contributed by atoms with E-state index in [1.165, 1.54) is 5.39 Å². The Balaban J connectivity index is 1.95. The van der Waals surface area contributed by atoms with Crippen molar-refractivity contribution in [1.29, 1.82) is 0 Å². The van der Waals surface area contributed by atoms with E-state index in [9.17, 15) is 0 Å². The highest BCUT2D eigenvalue weighted by Gasteiger charge is 2.37. The van der Waals surface area contributed by atoms with E-state index in [0.29, 0.717) is 6.61 Å². The lowest BCUT2D eigenvalue weighted by Crippen LogP contribution is -2.27. The van der Waals surface area contributed by atoms with Gasteiger partial charge >= 0.3 is 0 Å². The number of rotatable bonds is 5. The summed E-state index contributed by atoms with van der Waals surface area (Å²) in [7, 11) is 5.10. The second-order valence-corrected chi connectivity index (χ2v) is 5.57. The fourth-order valence-electron chi connectivity index (χ4n) is 3.14. The first-order chi connectivity index (χ1) is 10.8. The first kappa shape index (κ1) is 15.3. The summed E-state index contributed by atoms with van der Waals surface area (Å²) >= 11 is 0. The molecule has 0 spiro atoms. The number of fused-ring (bicyclic) bond motifs is 1. The Morgan fingerprint density at radius 1 is 1.09 bits per heavy atom. The number of hydrogen-bond acceptors (Lipinski definition) is 4. The maximum absolute atomic E-state index is 6.15. The minimum atomic E-state index is -0.0452. The molecule has 2 aromatic carbocycles. The van der Waals surface area contributed by atoms with E-state index < -0.39 is 0 Å². The zero-order valence-corrected chi connectivity index (χ0v) is 13.2. The van der Waals surface area contributed by atoms with Gasteiger partial charge in [0.05, 0.1) is 25.9 Å². The number of ether oxygens (including phenoxy) is 4. The van der Waals surface area contributed by atoms with E-state index in [1.807, 2.05) is 12.1 Å². The van der Waals surface area contributed by atoms with Gasteiger partial charge < -0.3 is 18.9 Å². The molecule has 1 aliphatic heterocycles. The van der Waals surface area contributed by atoms with E-state index in [4.69, 9.17) is 18.9 Å². The van der Waals surface area contributed by atoms with Crippen molar-refractivity contribution in [3.63, 3.8) is 0 Å². The Kier molecular flexibility index (Phi) is 4.62. The van der Waals surface area contributed by atoms with Crippen molar-refractivity contribution in [2.24, 2.45) is 0 Å². The van der Waals surface area contributed by atoms with Crippen molar-refractivity contribution in [3.8, 4) is 5.75 Å². The van der Waals surface area contributed by atoms with Crippen molar-refractivity contribution in [3.05, 3.63) is 42.0 Å². The third-order valence-corrected chi connectivity index (χ3v) is 4.28. The molecule has 0 aliphatic carbocycles. The fraction of sp³-hybridized carbons (Fsp3) is 0.444. The van der Waals surface area contributed by atoms with Gasteiger partial charge in [-0.3, -0.25) is 0 Å². The highest BCUT2D eigenvalue weighted by molar-refractivity contribution is 5.85. The molecule has 118 valence electrons. The summed E-state index contributed by atoms with van der Waals surface area (Å²) in [6.45, 7) is 0.533. The Labute approximate surface area is 130 Å². The molecule has 0 aromatic heterocycles. The van der Waals surface area contributed by atoms with Gasteiger partial charge in [-0.25, -0.2) is 0 Å². The molecule has 1 heterocycles. The van der Waals surface area contributed by atoms with E-state index in [2.05, 4.69) is 24.3 Å². The molecule has 0 bridgehead atoms. The van der Waals surface area contributed by atoms with E-state index >= 15 is 0 Å². The van der Waals surface area contributed by atoms with Gasteiger partial charge in [-0.2, -0.15) is 0 Å². The number of hydrogen-bond donors (Lipinski definition) is 0. The number of benzene rings is 2. The molecule has 1 saturated heterocycles. The molecular formula is C18H22O4. The first-order valence-corrected chi connectivity index (χ1v) is 7.50. The topological polar surface area (TPSA) is 36.9 Å². The average molecular weight is 302 g/mol. The lowest BCUT2D eigenvalue weighted by molar-refractivity contribution is -0.0448. The molecule has 1 aliphatic rings. The van der Waals surface area contributed by atoms with Crippen LogP contribution in [-0.2, 0) is 14.2 Å². The van der Waals surface area contributed by atoms with Gasteiger partial charge in [-0.05, 0) is 22.9 Å². The summed E-state index contributed by atoms with van der Waals surface area (Å²) in [6.07, 6.45) is 0.765. The van der Waals surface area contributed by atoms with Crippen molar-refractivity contribution >= 4 is 10.8 Å². The Bertz CT molecular complexity index is 640. The van der Waals surface area contributed by atoms with E-state index in [1.54, 1.807) is 21.3 Å². The normalized spacial score (nSPS) is 24.8. The minimum Gasteiger partial charge on any atom is -0.496 e. The maximum Gasteiger partial charge on any atom is 0.125 e. The van der Waals surface area contributed by atoms with Crippen LogP contribution in [0, 0.1) is 0 Å². The summed E-state index contributed by atoms with van der Waals surface area (Å²) in [6, 6.07) is 12.5. The average Bonchev–Trinajstić information content (AvgIpc) is 2.96. The fourth-order valence-corrected chi connectivity index (χ4v) is 3.14. The van der Waals surface area contributed by atoms with Gasteiger partial charge in [0.1, 0.15) is 11.9 Å². The van der Waals surface area contributed by atoms with Crippen LogP contribution in [0.15, 0.2) is 36.4 Å². The van der Waals surface area contributed by atoms with E-state index in [-0.39, 0.29) is 18.3 Å². The largest absolute Gasteiger partial charge is 0.496 e. The van der Waals surface area contributed by atoms with E-state index in [0.717, 1.165) is 23.1 Å². The van der Waals surface area contributed by atoms with Crippen LogP contribution in [0.25, 0.3) is 10.8 Å². The molecule has 0 N–H and O–H groups in total. The van der Waals surface area contributed by atoms with Crippen LogP contribution in [0.3, 0.4) is 0 Å². The minimum absolute atomic E-state index is 0.0374. The quantitative estimate of drug-likeness (QED) is 0.849. The third kappa shape index (κ3) is 2.82. The summed E-state index contributed by atoms with van der Waals surface area (Å²) in [5.74, 6) is 0.858. The standard InChI is InChI=1S/C18H22O4/c1-19-11-18-17(21-3)10-16(22-18)14-8-12-6-4-5-7-13(12)9-15(14)20-2/h4-9,16-18H,10-11H2,1-3H3/t16-,17?,18-/m1/s1. The molecule has 0 radical (unpaired) electrons. The van der Waals surface area contributed by atoms with Crippen molar-refractivity contribution in [2.75, 3.05) is 27.9 Å². The monoisotopic (exact) mass is 302 g/mol. The van der Waals surface area contributed by atoms with Gasteiger partial charge in [0.25, 0.3) is 0 Å². The predicted octanol–water partition coefficient (Wildman–Crippen LogP) is 3.34. The smallest absolute Gasteiger partial charge is 0.125 e. The van der Waals surface area contributed by atoms with Crippen molar-refractivity contribution in [2.45, 2.75) is 24.7 Å². The van der Waals surface area contributed by atoms with Crippen molar-refractivity contribution < 1.29 is 18.9 Å². The van der Waals surface area contributed by atoms with Gasteiger partial charge in [0.15, 0.2) is 0 Å². The lowest BCUT2D eigenvalue weighted by Gasteiger charge is -2.17. The molecule has 4 nitrogen and oxygen atoms in total. The summed E-state index contributed by atoms with van der Waals surface area (Å²) < 4.78 is 22.5. The molecule has 1 fully saturated rings. The Hall–Kier alpha value is -1.62. The molecule has 2 aromatic rings. The molecule has 3 atom stereocenters. The highest BCUT2D eigenvalue weighted by atomic mass is 16.6. The molecule has 22 heavy (non-hydrogen) atoms. The second kappa shape index (κ2) is 6.65. The lowest BCUT2D eigenvalue weighted by atomic mass is 9.99. The molecule has 1 unspecified atom stereocenters. The van der Waals surface area contributed by atoms with Crippen LogP contribution in [0.4, 0.5) is 0 Å². The SMILES string of the molecule is COC[C@H]1O[C@@H](c2cc3ccccc3cc2OC)CC1OC. The van der Waals surface area contributed by atoms with Crippen LogP contribution in [0.5, 0.6) is 5.75 Å². The molecule has 3 rings (SSSR count). The Morgan fingerprint density at radius 3 is 2.45 bits per heavy atom. The molecule has 0 amide bonds. The molecule has 0 saturated carbocycles. The highest BCUT2D eigenvalue weighted by Crippen LogP contribution is 2.40. The van der Waals surface area contributed by atoms with Gasteiger partial charge in [-0.1, -0.05) is 24.3 Å². The molecule has 4 heteroatoms. The Morgan fingerprint density at radius 2 is 1.82 bits per heavy atom. The zero-order chi connectivity index (χ0) is 15.5. The van der Waals surface area contributed by atoms with Crippen LogP contribution in [0.1, 0.15) is 18.1 Å². The zero-order valence-electron chi connectivity index (χ0n) is 13.2. The maximum atomic E-state index is 6.15. The number of methoxy groups -OCH3 is 3. The summed E-state index contributed by atoms with van der Waals surface area (Å²) in [5.41, 5.74) is 1.07. The van der Waals surface area contributed by atoms with Gasteiger partial charge in [0, 0.05) is 26.2 Å². The predicted molar refractivity (Wildman–Crippen MR) is 85.4 cm³/mol. The molecular weight excluding hydrogens is 280 g/mol. The van der Waals surface area contributed by atoms with Gasteiger partial charge in [0.2, 0.25) is 0 Å². The van der Waals surface area contributed by atoms with Gasteiger partial charge in [-0.15, -0.1) is 0 Å². The second-order valence-electron chi connectivity index (χ2n) is 5.57. The summed E-state index contributed by atoms with van der Waals surface area (Å²) in [5, 5.41) is 2.35.